The Balaban J connectivity index is 2.28. The molecule has 144 valence electrons. The van der Waals surface area contributed by atoms with Crippen LogP contribution in [0, 0.1) is 0 Å². The molecule has 3 rings (SSSR count). The lowest BCUT2D eigenvalue weighted by Crippen LogP contribution is -2.29. The van der Waals surface area contributed by atoms with Crippen LogP contribution < -0.4 is 19.6 Å². The summed E-state index contributed by atoms with van der Waals surface area (Å²) in [5, 5.41) is 1.26. The summed E-state index contributed by atoms with van der Waals surface area (Å²) < 4.78 is 9.50. The van der Waals surface area contributed by atoms with Crippen molar-refractivity contribution in [2.24, 2.45) is 0 Å². The van der Waals surface area contributed by atoms with Gasteiger partial charge in [-0.25, -0.2) is 9.56 Å². The van der Waals surface area contributed by atoms with Crippen molar-refractivity contribution in [2.45, 2.75) is 34.6 Å². The lowest BCUT2D eigenvalue weighted by molar-refractivity contribution is 0.344. The minimum absolute atomic E-state index is 0.641. The van der Waals surface area contributed by atoms with Crippen LogP contribution in [0.25, 0.3) is 20.8 Å². The Morgan fingerprint density at radius 3 is 2.37 bits per heavy atom. The van der Waals surface area contributed by atoms with E-state index >= 15 is 0 Å². The molecule has 0 unspecified atom stereocenters. The molecule has 1 heterocycles. The third-order valence-electron chi connectivity index (χ3n) is 4.98. The molecule has 2 aliphatic rings. The first-order valence-electron chi connectivity index (χ1n) is 9.99. The molecule has 0 fully saturated rings. The average Bonchev–Trinajstić information content (AvgIpc) is 2.69. The first-order valence-corrected chi connectivity index (χ1v) is 10.8. The second-order valence-electron chi connectivity index (χ2n) is 6.43. The molecule has 0 aromatic heterocycles. The highest BCUT2D eigenvalue weighted by Crippen LogP contribution is 2.37. The Labute approximate surface area is 166 Å². The van der Waals surface area contributed by atoms with Gasteiger partial charge in [0.25, 0.3) is 0 Å². The molecule has 0 bridgehead atoms. The van der Waals surface area contributed by atoms with Crippen molar-refractivity contribution >= 4 is 27.2 Å². The third kappa shape index (κ3) is 3.93. The van der Waals surface area contributed by atoms with Gasteiger partial charge in [-0.15, -0.1) is 11.3 Å². The van der Waals surface area contributed by atoms with E-state index in [4.69, 9.17) is 9.72 Å². The molecular formula is C22H30N3OS+. The Kier molecular flexibility index (Phi) is 6.32. The number of rotatable bonds is 7. The molecule has 0 atom stereocenters. The summed E-state index contributed by atoms with van der Waals surface area (Å²) in [5.74, 6) is 0.878. The lowest BCUT2D eigenvalue weighted by Gasteiger charge is -2.22. The van der Waals surface area contributed by atoms with E-state index in [9.17, 15) is 0 Å². The second-order valence-corrected chi connectivity index (χ2v) is 7.52. The number of hydrogen-bond donors (Lipinski definition) is 0. The third-order valence-corrected chi connectivity index (χ3v) is 6.06. The number of fused-ring (bicyclic) bond motifs is 2. The van der Waals surface area contributed by atoms with Gasteiger partial charge in [-0.1, -0.05) is 0 Å². The summed E-state index contributed by atoms with van der Waals surface area (Å²) in [4.78, 5) is 8.52. The first kappa shape index (κ1) is 19.6. The summed E-state index contributed by atoms with van der Waals surface area (Å²) in [6, 6.07) is 11.0. The highest BCUT2D eigenvalue weighted by molar-refractivity contribution is 7.21. The molecule has 0 saturated heterocycles. The number of hydrogen-bond acceptors (Lipinski definition) is 4. The quantitative estimate of drug-likeness (QED) is 0.445. The minimum Gasteiger partial charge on any atom is -0.491 e. The Morgan fingerprint density at radius 1 is 1.00 bits per heavy atom. The molecular weight excluding hydrogens is 354 g/mol. The van der Waals surface area contributed by atoms with Crippen molar-refractivity contribution in [3.8, 4) is 16.3 Å². The van der Waals surface area contributed by atoms with Gasteiger partial charge in [0.1, 0.15) is 24.4 Å². The number of nitrogens with zero attached hydrogens (tertiary/aromatic N) is 3. The molecule has 27 heavy (non-hydrogen) atoms. The van der Waals surface area contributed by atoms with Gasteiger partial charge in [0.15, 0.2) is 0 Å². The van der Waals surface area contributed by atoms with Crippen LogP contribution in [0.15, 0.2) is 30.3 Å². The zero-order chi connectivity index (χ0) is 19.4. The largest absolute Gasteiger partial charge is 0.491 e. The van der Waals surface area contributed by atoms with Crippen molar-refractivity contribution in [3.63, 3.8) is 0 Å². The molecule has 0 spiro atoms. The van der Waals surface area contributed by atoms with Gasteiger partial charge in [0.05, 0.1) is 21.9 Å². The second kappa shape index (κ2) is 8.70. The van der Waals surface area contributed by atoms with Gasteiger partial charge in [-0.05, 0) is 46.8 Å². The predicted octanol–water partition coefficient (Wildman–Crippen LogP) is 4.46. The lowest BCUT2D eigenvalue weighted by atomic mass is 10.2. The van der Waals surface area contributed by atoms with Crippen molar-refractivity contribution in [1.82, 2.24) is 9.56 Å². The van der Waals surface area contributed by atoms with Gasteiger partial charge in [-0.2, -0.15) is 0 Å². The van der Waals surface area contributed by atoms with E-state index in [1.807, 2.05) is 6.92 Å². The molecule has 1 aromatic carbocycles. The van der Waals surface area contributed by atoms with Crippen LogP contribution in [0.2, 0.25) is 0 Å². The Hall–Kier alpha value is -2.14. The molecule has 1 aromatic rings. The summed E-state index contributed by atoms with van der Waals surface area (Å²) in [7, 11) is 0. The van der Waals surface area contributed by atoms with Crippen LogP contribution in [0.3, 0.4) is 0 Å². The fourth-order valence-electron chi connectivity index (χ4n) is 3.49. The van der Waals surface area contributed by atoms with E-state index in [1.54, 1.807) is 11.3 Å². The molecule has 0 amide bonds. The van der Waals surface area contributed by atoms with Gasteiger partial charge in [0.2, 0.25) is 5.36 Å². The van der Waals surface area contributed by atoms with Crippen LogP contribution in [-0.4, -0.2) is 37.8 Å². The van der Waals surface area contributed by atoms with Gasteiger partial charge in [-0.3, -0.25) is 0 Å². The molecule has 1 aliphatic heterocycles. The average molecular weight is 385 g/mol. The van der Waals surface area contributed by atoms with E-state index in [1.165, 1.54) is 20.6 Å². The maximum Gasteiger partial charge on any atom is 0.201 e. The zero-order valence-electron chi connectivity index (χ0n) is 17.1. The Morgan fingerprint density at radius 2 is 1.74 bits per heavy atom. The van der Waals surface area contributed by atoms with E-state index < -0.39 is 0 Å². The predicted molar refractivity (Wildman–Crippen MR) is 117 cm³/mol. The normalized spacial score (nSPS) is 11.1. The van der Waals surface area contributed by atoms with Gasteiger partial charge >= 0.3 is 0 Å². The molecule has 1 aliphatic carbocycles. The van der Waals surface area contributed by atoms with Crippen molar-refractivity contribution in [1.29, 1.82) is 0 Å². The fourth-order valence-corrected chi connectivity index (χ4v) is 4.55. The monoisotopic (exact) mass is 384 g/mol. The van der Waals surface area contributed by atoms with Crippen LogP contribution in [-0.2, 0) is 0 Å². The Bertz CT molecular complexity index is 954. The number of aromatic nitrogens is 1. The molecule has 0 N–H and O–H groups in total. The SMILES string of the molecule is CCOc1cc(N(CC)CC)cc2sc3cc(=[N+](CC)CC)ccc-3nc12. The van der Waals surface area contributed by atoms with Crippen molar-refractivity contribution < 1.29 is 4.74 Å². The fraction of sp³-hybridized carbons (Fsp3) is 0.455. The number of ether oxygens (including phenoxy) is 1. The van der Waals surface area contributed by atoms with E-state index in [0.29, 0.717) is 6.61 Å². The highest BCUT2D eigenvalue weighted by atomic mass is 32.1. The van der Waals surface area contributed by atoms with Crippen LogP contribution in [0.4, 0.5) is 5.69 Å². The highest BCUT2D eigenvalue weighted by Gasteiger charge is 2.15. The zero-order valence-corrected chi connectivity index (χ0v) is 17.9. The number of anilines is 1. The van der Waals surface area contributed by atoms with E-state index in [0.717, 1.165) is 43.1 Å². The summed E-state index contributed by atoms with van der Waals surface area (Å²) in [6.07, 6.45) is 0. The van der Waals surface area contributed by atoms with Crippen LogP contribution in [0.1, 0.15) is 34.6 Å². The van der Waals surface area contributed by atoms with Crippen molar-refractivity contribution in [2.75, 3.05) is 37.7 Å². The van der Waals surface area contributed by atoms with Gasteiger partial charge < -0.3 is 9.64 Å². The number of benzene rings is 2. The smallest absolute Gasteiger partial charge is 0.201 e. The van der Waals surface area contributed by atoms with E-state index in [2.05, 4.69) is 67.5 Å². The van der Waals surface area contributed by atoms with Crippen molar-refractivity contribution in [3.05, 3.63) is 35.7 Å². The molecule has 0 radical (unpaired) electrons. The van der Waals surface area contributed by atoms with E-state index in [-0.39, 0.29) is 0 Å². The maximum atomic E-state index is 5.95. The molecule has 4 nitrogen and oxygen atoms in total. The summed E-state index contributed by atoms with van der Waals surface area (Å²) in [5.41, 5.74) is 3.19. The summed E-state index contributed by atoms with van der Waals surface area (Å²) >= 11 is 1.80. The topological polar surface area (TPSA) is 28.4 Å². The molecule has 5 heteroatoms. The standard InChI is InChI=1S/C22H30N3OS/c1-6-24(7-2)16-11-12-18-20(14-16)27-21-15-17(25(8-3)9-4)13-19(26-10-5)22(21)23-18/h11-15H,6-10H2,1-5H3/q+1. The summed E-state index contributed by atoms with van der Waals surface area (Å²) in [6.45, 7) is 15.4. The molecule has 0 saturated carbocycles. The first-order chi connectivity index (χ1) is 13.1. The van der Waals surface area contributed by atoms with Gasteiger partial charge in [0, 0.05) is 37.0 Å². The van der Waals surface area contributed by atoms with Crippen LogP contribution in [0.5, 0.6) is 5.75 Å². The minimum atomic E-state index is 0.641. The van der Waals surface area contributed by atoms with Crippen LogP contribution >= 0.6 is 11.3 Å². The maximum absolute atomic E-state index is 5.95.